The monoisotopic (exact) mass is 172 g/mol. The van der Waals surface area contributed by atoms with Crippen LogP contribution in [0, 0.1) is 0 Å². The molecule has 0 atom stereocenters. The Kier molecular flexibility index (Phi) is 3.49. The molecule has 4 nitrogen and oxygen atoms in total. The summed E-state index contributed by atoms with van der Waals surface area (Å²) in [6, 6.07) is 0. The van der Waals surface area contributed by atoms with Gasteiger partial charge in [0.25, 0.3) is 0 Å². The van der Waals surface area contributed by atoms with E-state index < -0.39 is 0 Å². The van der Waals surface area contributed by atoms with Crippen molar-refractivity contribution in [2.75, 3.05) is 26.2 Å². The van der Waals surface area contributed by atoms with Crippen LogP contribution in [-0.4, -0.2) is 48.2 Å². The van der Waals surface area contributed by atoms with Gasteiger partial charge in [-0.3, -0.25) is 9.69 Å². The molecular weight excluding hydrogens is 156 g/mol. The molecule has 4 heteroatoms. The Bertz CT molecular complexity index is 155. The molecule has 12 heavy (non-hydrogen) atoms. The normalized spacial score (nSPS) is 18.8. The third-order valence-electron chi connectivity index (χ3n) is 1.88. The van der Waals surface area contributed by atoms with Crippen LogP contribution in [0.4, 0.5) is 0 Å². The SMILES string of the molecule is CCCNC(=O)CN1CC(O)C1. The summed E-state index contributed by atoms with van der Waals surface area (Å²) in [5.74, 6) is 0.0590. The molecule has 0 radical (unpaired) electrons. The van der Waals surface area contributed by atoms with E-state index in [1.165, 1.54) is 0 Å². The molecule has 0 bridgehead atoms. The number of hydrogen-bond acceptors (Lipinski definition) is 3. The van der Waals surface area contributed by atoms with Gasteiger partial charge in [0.1, 0.15) is 0 Å². The number of nitrogens with zero attached hydrogens (tertiary/aromatic N) is 1. The lowest BCUT2D eigenvalue weighted by molar-refractivity contribution is -0.124. The summed E-state index contributed by atoms with van der Waals surface area (Å²) in [6.07, 6.45) is 0.748. The second-order valence-corrected chi connectivity index (χ2v) is 3.20. The number of hydrogen-bond donors (Lipinski definition) is 2. The van der Waals surface area contributed by atoms with E-state index in [2.05, 4.69) is 5.32 Å². The number of aliphatic hydroxyl groups is 1. The molecule has 1 heterocycles. The smallest absolute Gasteiger partial charge is 0.234 e. The minimum absolute atomic E-state index is 0.0590. The van der Waals surface area contributed by atoms with Gasteiger partial charge in [0.15, 0.2) is 0 Å². The zero-order valence-corrected chi connectivity index (χ0v) is 7.42. The number of β-amino-alcohol motifs (C(OH)–C–C–N with tert-alkyl or cyclic N) is 1. The number of nitrogens with one attached hydrogen (secondary N) is 1. The van der Waals surface area contributed by atoms with Crippen molar-refractivity contribution in [3.8, 4) is 0 Å². The Labute approximate surface area is 72.6 Å². The fourth-order valence-corrected chi connectivity index (χ4v) is 1.20. The number of carbonyl (C=O) groups excluding carboxylic acids is 1. The molecule has 0 unspecified atom stereocenters. The molecule has 70 valence electrons. The fraction of sp³-hybridized carbons (Fsp3) is 0.875. The zero-order chi connectivity index (χ0) is 8.97. The molecule has 1 amide bonds. The Morgan fingerprint density at radius 1 is 1.67 bits per heavy atom. The van der Waals surface area contributed by atoms with Crippen LogP contribution in [0.25, 0.3) is 0 Å². The molecule has 2 N–H and O–H groups in total. The van der Waals surface area contributed by atoms with Gasteiger partial charge in [-0.15, -0.1) is 0 Å². The van der Waals surface area contributed by atoms with Crippen LogP contribution in [0.2, 0.25) is 0 Å². The predicted molar refractivity (Wildman–Crippen MR) is 45.7 cm³/mol. The van der Waals surface area contributed by atoms with Crippen LogP contribution < -0.4 is 5.32 Å². The first-order chi connectivity index (χ1) is 5.72. The summed E-state index contributed by atoms with van der Waals surface area (Å²) in [5.41, 5.74) is 0. The van der Waals surface area contributed by atoms with Crippen LogP contribution in [-0.2, 0) is 4.79 Å². The Balaban J connectivity index is 2.03. The third-order valence-corrected chi connectivity index (χ3v) is 1.88. The van der Waals surface area contributed by atoms with Crippen LogP contribution in [0.1, 0.15) is 13.3 Å². The average molecular weight is 172 g/mol. The second kappa shape index (κ2) is 4.42. The summed E-state index contributed by atoms with van der Waals surface area (Å²) in [4.78, 5) is 13.0. The summed E-state index contributed by atoms with van der Waals surface area (Å²) in [5, 5.41) is 11.7. The standard InChI is InChI=1S/C8H16N2O2/c1-2-3-9-8(12)6-10-4-7(11)5-10/h7,11H,2-6H2,1H3,(H,9,12). The van der Waals surface area contributed by atoms with Crippen molar-refractivity contribution in [3.05, 3.63) is 0 Å². The quantitative estimate of drug-likeness (QED) is 0.583. The van der Waals surface area contributed by atoms with Crippen molar-refractivity contribution in [2.45, 2.75) is 19.4 Å². The number of amides is 1. The van der Waals surface area contributed by atoms with Gasteiger partial charge in [-0.05, 0) is 6.42 Å². The highest BCUT2D eigenvalue weighted by Crippen LogP contribution is 2.05. The molecule has 1 aliphatic rings. The van der Waals surface area contributed by atoms with Crippen LogP contribution in [0.15, 0.2) is 0 Å². The van der Waals surface area contributed by atoms with E-state index in [-0.39, 0.29) is 12.0 Å². The van der Waals surface area contributed by atoms with E-state index in [4.69, 9.17) is 5.11 Å². The van der Waals surface area contributed by atoms with Crippen molar-refractivity contribution < 1.29 is 9.90 Å². The summed E-state index contributed by atoms with van der Waals surface area (Å²) in [7, 11) is 0. The molecule has 0 aromatic heterocycles. The van der Waals surface area contributed by atoms with Gasteiger partial charge in [-0.1, -0.05) is 6.92 Å². The molecule has 1 rings (SSSR count). The largest absolute Gasteiger partial charge is 0.390 e. The van der Waals surface area contributed by atoms with Gasteiger partial charge >= 0.3 is 0 Å². The Morgan fingerprint density at radius 3 is 2.83 bits per heavy atom. The predicted octanol–water partition coefficient (Wildman–Crippen LogP) is -0.811. The minimum Gasteiger partial charge on any atom is -0.390 e. The number of aliphatic hydroxyl groups excluding tert-OH is 1. The lowest BCUT2D eigenvalue weighted by Crippen LogP contribution is -2.53. The molecule has 0 aromatic carbocycles. The van der Waals surface area contributed by atoms with E-state index in [0.717, 1.165) is 13.0 Å². The highest BCUT2D eigenvalue weighted by molar-refractivity contribution is 5.78. The van der Waals surface area contributed by atoms with Crippen molar-refractivity contribution in [2.24, 2.45) is 0 Å². The topological polar surface area (TPSA) is 52.6 Å². The minimum atomic E-state index is -0.219. The summed E-state index contributed by atoms with van der Waals surface area (Å²) in [6.45, 7) is 4.47. The Morgan fingerprint density at radius 2 is 2.33 bits per heavy atom. The van der Waals surface area contributed by atoms with Crippen LogP contribution >= 0.6 is 0 Å². The highest BCUT2D eigenvalue weighted by atomic mass is 16.3. The summed E-state index contributed by atoms with van der Waals surface area (Å²) >= 11 is 0. The third kappa shape index (κ3) is 2.79. The molecule has 1 aliphatic heterocycles. The van der Waals surface area contributed by atoms with Gasteiger partial charge in [0.05, 0.1) is 12.6 Å². The number of rotatable bonds is 4. The van der Waals surface area contributed by atoms with Gasteiger partial charge in [-0.2, -0.15) is 0 Å². The molecule has 0 aliphatic carbocycles. The van der Waals surface area contributed by atoms with E-state index in [0.29, 0.717) is 19.6 Å². The van der Waals surface area contributed by atoms with E-state index in [1.54, 1.807) is 0 Å². The van der Waals surface area contributed by atoms with Gasteiger partial charge in [-0.25, -0.2) is 0 Å². The molecule has 1 saturated heterocycles. The lowest BCUT2D eigenvalue weighted by Gasteiger charge is -2.34. The van der Waals surface area contributed by atoms with Gasteiger partial charge in [0, 0.05) is 19.6 Å². The van der Waals surface area contributed by atoms with Crippen molar-refractivity contribution in [3.63, 3.8) is 0 Å². The van der Waals surface area contributed by atoms with E-state index >= 15 is 0 Å². The van der Waals surface area contributed by atoms with Gasteiger partial charge < -0.3 is 10.4 Å². The van der Waals surface area contributed by atoms with Crippen molar-refractivity contribution >= 4 is 5.91 Å². The van der Waals surface area contributed by atoms with Crippen LogP contribution in [0.5, 0.6) is 0 Å². The van der Waals surface area contributed by atoms with Crippen molar-refractivity contribution in [1.29, 1.82) is 0 Å². The first kappa shape index (κ1) is 9.48. The first-order valence-corrected chi connectivity index (χ1v) is 4.39. The molecule has 0 spiro atoms. The maximum Gasteiger partial charge on any atom is 0.234 e. The second-order valence-electron chi connectivity index (χ2n) is 3.20. The van der Waals surface area contributed by atoms with Crippen molar-refractivity contribution in [1.82, 2.24) is 10.2 Å². The Hall–Kier alpha value is -0.610. The first-order valence-electron chi connectivity index (χ1n) is 4.39. The molecule has 0 saturated carbocycles. The number of carbonyl (C=O) groups is 1. The van der Waals surface area contributed by atoms with E-state index in [9.17, 15) is 4.79 Å². The van der Waals surface area contributed by atoms with E-state index in [1.807, 2.05) is 11.8 Å². The molecule has 1 fully saturated rings. The lowest BCUT2D eigenvalue weighted by atomic mass is 10.2. The summed E-state index contributed by atoms with van der Waals surface area (Å²) < 4.78 is 0. The van der Waals surface area contributed by atoms with Gasteiger partial charge in [0.2, 0.25) is 5.91 Å². The average Bonchev–Trinajstić information content (AvgIpc) is 1.98. The highest BCUT2D eigenvalue weighted by Gasteiger charge is 2.25. The fourth-order valence-electron chi connectivity index (χ4n) is 1.20. The maximum absolute atomic E-state index is 11.1. The number of likely N-dealkylation sites (tertiary alicyclic amines) is 1. The zero-order valence-electron chi connectivity index (χ0n) is 7.42. The van der Waals surface area contributed by atoms with Crippen LogP contribution in [0.3, 0.4) is 0 Å². The molecular formula is C8H16N2O2. The molecule has 0 aromatic rings. The maximum atomic E-state index is 11.1.